The first kappa shape index (κ1) is 13.8. The fourth-order valence-corrected chi connectivity index (χ4v) is 1.51. The Labute approximate surface area is 94.4 Å². The zero-order chi connectivity index (χ0) is 12.5. The van der Waals surface area contributed by atoms with E-state index < -0.39 is 42.9 Å². The molecule has 0 aliphatic carbocycles. The Hall–Kier alpha value is -0.240. The largest absolute Gasteiger partial charge is 0.394 e. The molecule has 0 radical (unpaired) electrons. The van der Waals surface area contributed by atoms with Crippen molar-refractivity contribution >= 4 is 0 Å². The number of aliphatic hydroxyl groups excluding tert-OH is 4. The van der Waals surface area contributed by atoms with Crippen LogP contribution in [0.5, 0.6) is 0 Å². The first-order valence-corrected chi connectivity index (χ1v) is 5.24. The zero-order valence-corrected chi connectivity index (χ0v) is 9.70. The van der Waals surface area contributed by atoms with Gasteiger partial charge in [-0.3, -0.25) is 0 Å². The maximum Gasteiger partial charge on any atom is 0.187 e. The Kier molecular flexibility index (Phi) is 4.28. The van der Waals surface area contributed by atoms with E-state index in [1.54, 1.807) is 20.8 Å². The summed E-state index contributed by atoms with van der Waals surface area (Å²) < 4.78 is 10.6. The molecule has 6 nitrogen and oxygen atoms in total. The van der Waals surface area contributed by atoms with Gasteiger partial charge in [0.2, 0.25) is 0 Å². The number of ether oxygens (including phenoxy) is 2. The van der Waals surface area contributed by atoms with Crippen molar-refractivity contribution < 1.29 is 29.9 Å². The highest BCUT2D eigenvalue weighted by molar-refractivity contribution is 4.89. The van der Waals surface area contributed by atoms with Gasteiger partial charge in [-0.1, -0.05) is 0 Å². The van der Waals surface area contributed by atoms with Crippen LogP contribution in [-0.2, 0) is 9.47 Å². The Morgan fingerprint density at radius 2 is 1.62 bits per heavy atom. The fraction of sp³-hybridized carbons (Fsp3) is 1.00. The van der Waals surface area contributed by atoms with Gasteiger partial charge in [0.25, 0.3) is 0 Å². The molecule has 5 atom stereocenters. The van der Waals surface area contributed by atoms with Gasteiger partial charge < -0.3 is 29.9 Å². The normalized spacial score (nSPS) is 41.1. The fourth-order valence-electron chi connectivity index (χ4n) is 1.51. The van der Waals surface area contributed by atoms with Gasteiger partial charge in [0.05, 0.1) is 12.2 Å². The third-order valence-electron chi connectivity index (χ3n) is 2.32. The molecule has 0 bridgehead atoms. The van der Waals surface area contributed by atoms with Crippen molar-refractivity contribution in [1.82, 2.24) is 0 Å². The second-order valence-electron chi connectivity index (χ2n) is 4.93. The molecule has 1 unspecified atom stereocenters. The maximum atomic E-state index is 9.64. The monoisotopic (exact) mass is 236 g/mol. The van der Waals surface area contributed by atoms with Crippen molar-refractivity contribution in [3.63, 3.8) is 0 Å². The maximum absolute atomic E-state index is 9.64. The molecule has 0 aromatic carbocycles. The molecule has 1 heterocycles. The number of hydrogen-bond donors (Lipinski definition) is 4. The standard InChI is InChI=1S/C10H20O6/c1-10(2,3)16-9-8(14)7(13)6(12)5(4-11)15-9/h5-9,11-14H,4H2,1-3H3/t5-,6-,7+,8+,9?/m1/s1. The summed E-state index contributed by atoms with van der Waals surface area (Å²) in [6, 6.07) is 0. The van der Waals surface area contributed by atoms with Crippen LogP contribution in [0.1, 0.15) is 20.8 Å². The Morgan fingerprint density at radius 1 is 1.06 bits per heavy atom. The topological polar surface area (TPSA) is 99.4 Å². The molecular formula is C10H20O6. The highest BCUT2D eigenvalue weighted by Crippen LogP contribution is 2.25. The molecular weight excluding hydrogens is 216 g/mol. The summed E-state index contributed by atoms with van der Waals surface area (Å²) in [5.41, 5.74) is -0.562. The van der Waals surface area contributed by atoms with E-state index in [1.807, 2.05) is 0 Å². The van der Waals surface area contributed by atoms with Crippen LogP contribution in [0.2, 0.25) is 0 Å². The average Bonchev–Trinajstić information content (AvgIpc) is 2.17. The summed E-state index contributed by atoms with van der Waals surface area (Å²) in [5, 5.41) is 37.6. The van der Waals surface area contributed by atoms with Gasteiger partial charge in [-0.2, -0.15) is 0 Å². The summed E-state index contributed by atoms with van der Waals surface area (Å²) >= 11 is 0. The molecule has 4 N–H and O–H groups in total. The highest BCUT2D eigenvalue weighted by atomic mass is 16.7. The molecule has 1 fully saturated rings. The third-order valence-corrected chi connectivity index (χ3v) is 2.32. The molecule has 1 aliphatic heterocycles. The van der Waals surface area contributed by atoms with E-state index in [1.165, 1.54) is 0 Å². The molecule has 0 saturated carbocycles. The van der Waals surface area contributed by atoms with Gasteiger partial charge in [0.15, 0.2) is 6.29 Å². The summed E-state index contributed by atoms with van der Waals surface area (Å²) in [4.78, 5) is 0. The summed E-state index contributed by atoms with van der Waals surface area (Å²) in [6.45, 7) is 4.87. The molecule has 0 aromatic heterocycles. The van der Waals surface area contributed by atoms with Crippen LogP contribution in [0.4, 0.5) is 0 Å². The van der Waals surface area contributed by atoms with Crippen LogP contribution >= 0.6 is 0 Å². The van der Waals surface area contributed by atoms with Crippen molar-refractivity contribution in [3.05, 3.63) is 0 Å². The van der Waals surface area contributed by atoms with E-state index in [2.05, 4.69) is 0 Å². The first-order chi connectivity index (χ1) is 7.26. The van der Waals surface area contributed by atoms with Crippen molar-refractivity contribution in [2.75, 3.05) is 6.61 Å². The number of hydrogen-bond acceptors (Lipinski definition) is 6. The van der Waals surface area contributed by atoms with Gasteiger partial charge in [-0.15, -0.1) is 0 Å². The van der Waals surface area contributed by atoms with E-state index in [9.17, 15) is 15.3 Å². The highest BCUT2D eigenvalue weighted by Gasteiger charge is 2.45. The summed E-state index contributed by atoms with van der Waals surface area (Å²) in [7, 11) is 0. The van der Waals surface area contributed by atoms with E-state index >= 15 is 0 Å². The third kappa shape index (κ3) is 3.13. The van der Waals surface area contributed by atoms with Crippen LogP contribution in [-0.4, -0.2) is 63.3 Å². The van der Waals surface area contributed by atoms with Crippen LogP contribution in [0, 0.1) is 0 Å². The lowest BCUT2D eigenvalue weighted by Gasteiger charge is -2.41. The second-order valence-corrected chi connectivity index (χ2v) is 4.93. The van der Waals surface area contributed by atoms with Crippen molar-refractivity contribution in [2.24, 2.45) is 0 Å². The van der Waals surface area contributed by atoms with Crippen molar-refractivity contribution in [1.29, 1.82) is 0 Å². The molecule has 0 amide bonds. The summed E-state index contributed by atoms with van der Waals surface area (Å²) in [6.07, 6.45) is -6.06. The first-order valence-electron chi connectivity index (χ1n) is 5.24. The van der Waals surface area contributed by atoms with Crippen LogP contribution in [0.3, 0.4) is 0 Å². The lowest BCUT2D eigenvalue weighted by atomic mass is 9.99. The van der Waals surface area contributed by atoms with Gasteiger partial charge in [-0.25, -0.2) is 0 Å². The minimum atomic E-state index is -1.39. The van der Waals surface area contributed by atoms with Gasteiger partial charge >= 0.3 is 0 Å². The van der Waals surface area contributed by atoms with Crippen LogP contribution in [0.25, 0.3) is 0 Å². The zero-order valence-electron chi connectivity index (χ0n) is 9.70. The quantitative estimate of drug-likeness (QED) is 0.471. The van der Waals surface area contributed by atoms with Crippen LogP contribution in [0.15, 0.2) is 0 Å². The van der Waals surface area contributed by atoms with E-state index in [4.69, 9.17) is 14.6 Å². The molecule has 1 rings (SSSR count). The van der Waals surface area contributed by atoms with E-state index in [0.29, 0.717) is 0 Å². The van der Waals surface area contributed by atoms with E-state index in [0.717, 1.165) is 0 Å². The minimum Gasteiger partial charge on any atom is -0.394 e. The Bertz CT molecular complexity index is 224. The van der Waals surface area contributed by atoms with E-state index in [-0.39, 0.29) is 0 Å². The molecule has 1 aliphatic rings. The van der Waals surface area contributed by atoms with Crippen molar-refractivity contribution in [2.45, 2.75) is 57.1 Å². The second kappa shape index (κ2) is 4.95. The molecule has 0 spiro atoms. The Balaban J connectivity index is 2.71. The average molecular weight is 236 g/mol. The van der Waals surface area contributed by atoms with Gasteiger partial charge in [0.1, 0.15) is 24.4 Å². The molecule has 6 heteroatoms. The lowest BCUT2D eigenvalue weighted by molar-refractivity contribution is -0.320. The van der Waals surface area contributed by atoms with Crippen LogP contribution < -0.4 is 0 Å². The Morgan fingerprint density at radius 3 is 2.06 bits per heavy atom. The molecule has 16 heavy (non-hydrogen) atoms. The number of rotatable bonds is 2. The van der Waals surface area contributed by atoms with Gasteiger partial charge in [0, 0.05) is 0 Å². The SMILES string of the molecule is CC(C)(C)OC1O[C@H](CO)[C@@H](O)[C@H](O)[C@@H]1O. The molecule has 1 saturated heterocycles. The molecule has 96 valence electrons. The summed E-state index contributed by atoms with van der Waals surface area (Å²) in [5.74, 6) is 0. The molecule has 0 aromatic rings. The van der Waals surface area contributed by atoms with Gasteiger partial charge in [-0.05, 0) is 20.8 Å². The van der Waals surface area contributed by atoms with Crippen molar-refractivity contribution in [3.8, 4) is 0 Å². The number of aliphatic hydroxyl groups is 4. The predicted molar refractivity (Wildman–Crippen MR) is 54.6 cm³/mol. The minimum absolute atomic E-state index is 0.449. The smallest absolute Gasteiger partial charge is 0.187 e. The predicted octanol–water partition coefficient (Wildman–Crippen LogP) is -1.40. The lowest BCUT2D eigenvalue weighted by Crippen LogP contribution is -2.60.